The number of hydrogen-bond acceptors (Lipinski definition) is 12. The van der Waals surface area contributed by atoms with E-state index in [1.165, 1.54) is 10.9 Å². The molecule has 5 atom stereocenters. The van der Waals surface area contributed by atoms with Crippen molar-refractivity contribution in [2.75, 3.05) is 43.1 Å². The number of piperidine rings is 1. The number of aliphatic hydroxyl groups is 2. The van der Waals surface area contributed by atoms with Crippen molar-refractivity contribution in [1.82, 2.24) is 19.5 Å². The molecule has 4 heterocycles. The predicted octanol–water partition coefficient (Wildman–Crippen LogP) is 3.57. The first kappa shape index (κ1) is 35.0. The normalized spacial score (nSPS) is 22.5. The summed E-state index contributed by atoms with van der Waals surface area (Å²) >= 11 is 0. The fourth-order valence-electron chi connectivity index (χ4n) is 6.30. The van der Waals surface area contributed by atoms with Crippen molar-refractivity contribution < 1.29 is 47.2 Å². The fourth-order valence-corrected chi connectivity index (χ4v) is 6.30. The maximum absolute atomic E-state index is 12.7. The summed E-state index contributed by atoms with van der Waals surface area (Å²) in [6, 6.07) is 19.9. The van der Waals surface area contributed by atoms with Crippen molar-refractivity contribution in [2.45, 2.75) is 56.4 Å². The van der Waals surface area contributed by atoms with Gasteiger partial charge in [0.25, 0.3) is 0 Å². The number of ether oxygens (including phenoxy) is 3. The van der Waals surface area contributed by atoms with Crippen LogP contribution in [-0.4, -0.2) is 99.0 Å². The summed E-state index contributed by atoms with van der Waals surface area (Å²) in [4.78, 5) is 39.9. The van der Waals surface area contributed by atoms with Crippen molar-refractivity contribution in [2.24, 2.45) is 5.92 Å². The van der Waals surface area contributed by atoms with Gasteiger partial charge in [-0.3, -0.25) is 9.36 Å². The lowest BCUT2D eigenvalue weighted by Gasteiger charge is -2.32. The Balaban J connectivity index is 1.34. The van der Waals surface area contributed by atoms with Gasteiger partial charge in [-0.25, -0.2) is 9.78 Å². The molecule has 6 rings (SSSR count). The van der Waals surface area contributed by atoms with E-state index >= 15 is 0 Å². The second kappa shape index (κ2) is 15.0. The molecule has 2 fully saturated rings. The monoisotopic (exact) mass is 698 g/mol. The van der Waals surface area contributed by atoms with Gasteiger partial charge >= 0.3 is 18.1 Å². The van der Waals surface area contributed by atoms with Gasteiger partial charge in [0.1, 0.15) is 24.9 Å². The lowest BCUT2D eigenvalue weighted by atomic mass is 9.91. The van der Waals surface area contributed by atoms with Crippen molar-refractivity contribution in [3.05, 3.63) is 78.1 Å². The van der Waals surface area contributed by atoms with Gasteiger partial charge in [-0.2, -0.15) is 23.1 Å². The summed E-state index contributed by atoms with van der Waals surface area (Å²) in [5.41, 5.74) is 2.61. The molecule has 2 aromatic heterocycles. The first-order valence-corrected chi connectivity index (χ1v) is 16.3. The highest BCUT2D eigenvalue weighted by Gasteiger charge is 2.47. The second-order valence-corrected chi connectivity index (χ2v) is 12.1. The number of esters is 2. The molecule has 0 spiro atoms. The Bertz CT molecular complexity index is 1740. The summed E-state index contributed by atoms with van der Waals surface area (Å²) in [7, 11) is 0. The molecular formula is C34H37F3N6O7. The molecule has 2 aromatic carbocycles. The summed E-state index contributed by atoms with van der Waals surface area (Å²) in [6.07, 6.45) is -8.76. The van der Waals surface area contributed by atoms with E-state index in [2.05, 4.69) is 15.0 Å². The number of benzene rings is 2. The number of aliphatic hydroxyl groups excluding tert-OH is 2. The van der Waals surface area contributed by atoms with Gasteiger partial charge in [0.05, 0.1) is 18.9 Å². The zero-order valence-corrected chi connectivity index (χ0v) is 27.1. The first-order chi connectivity index (χ1) is 24.0. The number of imidazole rings is 1. The molecule has 13 nitrogen and oxygen atoms in total. The zero-order valence-electron chi connectivity index (χ0n) is 27.1. The molecule has 266 valence electrons. The van der Waals surface area contributed by atoms with E-state index in [0.717, 1.165) is 11.1 Å². The van der Waals surface area contributed by atoms with Crippen LogP contribution in [0.25, 0.3) is 11.2 Å². The van der Waals surface area contributed by atoms with Gasteiger partial charge in [-0.05, 0) is 30.9 Å². The molecule has 2 saturated heterocycles. The Hall–Kier alpha value is -4.80. The molecule has 0 amide bonds. The Kier molecular flexibility index (Phi) is 10.5. The lowest BCUT2D eigenvalue weighted by molar-refractivity contribution is -0.203. The van der Waals surface area contributed by atoms with Crippen LogP contribution in [0.5, 0.6) is 0 Å². The Morgan fingerprint density at radius 3 is 2.34 bits per heavy atom. The van der Waals surface area contributed by atoms with Crippen molar-refractivity contribution in [3.63, 3.8) is 0 Å². The average Bonchev–Trinajstić information content (AvgIpc) is 3.67. The van der Waals surface area contributed by atoms with Crippen LogP contribution in [-0.2, 0) is 23.8 Å². The lowest BCUT2D eigenvalue weighted by Crippen LogP contribution is -2.40. The number of aromatic nitrogens is 4. The van der Waals surface area contributed by atoms with Gasteiger partial charge in [-0.15, -0.1) is 0 Å². The highest BCUT2D eigenvalue weighted by atomic mass is 19.4. The molecule has 2 aliphatic rings. The number of anilines is 2. The number of hydrogen-bond donors (Lipinski definition) is 3. The van der Waals surface area contributed by atoms with E-state index in [-0.39, 0.29) is 30.1 Å². The number of nitrogens with zero attached hydrogens (tertiary/aromatic N) is 5. The summed E-state index contributed by atoms with van der Waals surface area (Å²) in [5, 5.41) is 25.0. The fraction of sp³-hybridized carbons (Fsp3) is 0.441. The van der Waals surface area contributed by atoms with E-state index in [0.29, 0.717) is 43.8 Å². The molecule has 50 heavy (non-hydrogen) atoms. The molecule has 16 heteroatoms. The molecule has 0 radical (unpaired) electrons. The first-order valence-electron chi connectivity index (χ1n) is 16.3. The molecule has 0 saturated carbocycles. The minimum Gasteiger partial charge on any atom is -0.466 e. The molecule has 0 unspecified atom stereocenters. The summed E-state index contributed by atoms with van der Waals surface area (Å²) in [5.74, 6) is -2.65. The van der Waals surface area contributed by atoms with Crippen LogP contribution in [0.4, 0.5) is 24.9 Å². The molecule has 4 aromatic rings. The molecule has 2 aliphatic heterocycles. The zero-order chi connectivity index (χ0) is 35.4. The van der Waals surface area contributed by atoms with Crippen LogP contribution in [0.2, 0.25) is 0 Å². The summed E-state index contributed by atoms with van der Waals surface area (Å²) in [6.45, 7) is 2.28. The van der Waals surface area contributed by atoms with Crippen LogP contribution in [0.15, 0.2) is 67.0 Å². The van der Waals surface area contributed by atoms with Gasteiger partial charge in [-0.1, -0.05) is 60.7 Å². The Labute approximate surface area is 285 Å². The maximum atomic E-state index is 12.7. The number of carbonyl (C=O) groups excluding carboxylic acids is 2. The maximum Gasteiger partial charge on any atom is 0.490 e. The van der Waals surface area contributed by atoms with E-state index in [9.17, 15) is 33.0 Å². The van der Waals surface area contributed by atoms with E-state index in [1.54, 1.807) is 6.92 Å². The van der Waals surface area contributed by atoms with Gasteiger partial charge in [0.2, 0.25) is 5.95 Å². The quantitative estimate of drug-likeness (QED) is 0.196. The molecule has 0 aliphatic carbocycles. The minimum atomic E-state index is -5.24. The highest BCUT2D eigenvalue weighted by molar-refractivity contribution is 5.85. The van der Waals surface area contributed by atoms with E-state index < -0.39 is 49.2 Å². The van der Waals surface area contributed by atoms with Gasteiger partial charge < -0.3 is 34.6 Å². The van der Waals surface area contributed by atoms with E-state index in [1.807, 2.05) is 65.6 Å². The third kappa shape index (κ3) is 7.51. The van der Waals surface area contributed by atoms with Crippen LogP contribution in [0, 0.1) is 5.92 Å². The topological polar surface area (TPSA) is 161 Å². The minimum absolute atomic E-state index is 0.0913. The third-order valence-corrected chi connectivity index (χ3v) is 8.83. The number of alkyl halides is 3. The third-order valence-electron chi connectivity index (χ3n) is 8.83. The SMILES string of the molecule is CCOC(=O)[C@@H]1CCCN(c2nc(NCC(c3ccccc3)c3ccccc3)c3ncn([C@@H]4O[C@H](COC(=O)C(F)(F)F)[C@@H](O)[C@H]4O)c3n2)C1. The number of fused-ring (bicyclic) bond motifs is 1. The molecule has 0 bridgehead atoms. The molecule has 3 N–H and O–H groups in total. The molecular weight excluding hydrogens is 661 g/mol. The van der Waals surface area contributed by atoms with Crippen molar-refractivity contribution in [3.8, 4) is 0 Å². The van der Waals surface area contributed by atoms with Crippen molar-refractivity contribution in [1.29, 1.82) is 0 Å². The van der Waals surface area contributed by atoms with Crippen molar-refractivity contribution >= 4 is 34.9 Å². The number of nitrogens with one attached hydrogen (secondary N) is 1. The van der Waals surface area contributed by atoms with E-state index in [4.69, 9.17) is 19.4 Å². The number of rotatable bonds is 11. The average molecular weight is 699 g/mol. The van der Waals surface area contributed by atoms with Crippen LogP contribution >= 0.6 is 0 Å². The number of carbonyl (C=O) groups is 2. The van der Waals surface area contributed by atoms with Crippen LogP contribution in [0.1, 0.15) is 43.0 Å². The largest absolute Gasteiger partial charge is 0.490 e. The van der Waals surface area contributed by atoms with Gasteiger partial charge in [0, 0.05) is 25.6 Å². The predicted molar refractivity (Wildman–Crippen MR) is 173 cm³/mol. The standard InChI is InChI=1S/C34H37F3N6O7/c1-2-48-31(46)22-14-9-15-42(17-22)33-40-28(38-16-23(20-10-5-3-6-11-20)21-12-7-4-8-13-21)25-29(41-33)43(19-39-25)30-27(45)26(44)24(50-30)18-49-32(47)34(35,36)37/h3-8,10-13,19,22-24,26-27,30,44-45H,2,9,14-18H2,1H3,(H,38,40,41)/t22-,24-,26-,27-,30-/m1/s1. The van der Waals surface area contributed by atoms with Crippen LogP contribution < -0.4 is 10.2 Å². The second-order valence-electron chi connectivity index (χ2n) is 12.1. The highest BCUT2D eigenvalue weighted by Crippen LogP contribution is 2.35. The Morgan fingerprint density at radius 1 is 1.02 bits per heavy atom. The smallest absolute Gasteiger partial charge is 0.466 e. The van der Waals surface area contributed by atoms with Gasteiger partial charge in [0.15, 0.2) is 23.2 Å². The summed E-state index contributed by atoms with van der Waals surface area (Å²) < 4.78 is 54.8. The number of halogens is 3. The van der Waals surface area contributed by atoms with Crippen LogP contribution in [0.3, 0.4) is 0 Å². The Morgan fingerprint density at radius 2 is 1.70 bits per heavy atom.